The normalized spacial score (nSPS) is 10.5. The van der Waals surface area contributed by atoms with E-state index >= 15 is 0 Å². The number of benzene rings is 2. The topological polar surface area (TPSA) is 52.4 Å². The van der Waals surface area contributed by atoms with Crippen molar-refractivity contribution < 1.29 is 14.1 Å². The predicted molar refractivity (Wildman–Crippen MR) is 81.7 cm³/mol. The molecule has 0 amide bonds. The molecule has 110 valence electrons. The molecular weight excluding hydrogens is 341 g/mol. The van der Waals surface area contributed by atoms with Crippen molar-refractivity contribution in [3.05, 3.63) is 63.0 Å². The van der Waals surface area contributed by atoms with Crippen molar-refractivity contribution in [3.63, 3.8) is 0 Å². The molecular formula is C15H13BrFNO3. The highest BCUT2D eigenvalue weighted by molar-refractivity contribution is 9.08. The highest BCUT2D eigenvalue weighted by atomic mass is 79.9. The van der Waals surface area contributed by atoms with Gasteiger partial charge in [-0.1, -0.05) is 28.1 Å². The minimum atomic E-state index is -0.753. The first-order chi connectivity index (χ1) is 9.92. The molecule has 2 aromatic rings. The standard InChI is InChI=1S/C15H13BrFNO3/c1-9-6-15(12(17)7-13(9)18(19)20)21-14-4-3-11(8-16)5-10(14)2/h3-7H,8H2,1-2H3. The van der Waals surface area contributed by atoms with Gasteiger partial charge in [0.05, 0.1) is 11.0 Å². The third-order valence-electron chi connectivity index (χ3n) is 3.06. The second-order valence-corrected chi connectivity index (χ2v) is 5.22. The number of halogens is 2. The fraction of sp³-hybridized carbons (Fsp3) is 0.200. The maximum Gasteiger partial charge on any atom is 0.275 e. The zero-order valence-electron chi connectivity index (χ0n) is 11.5. The number of nitro benzene ring substituents is 1. The molecule has 0 spiro atoms. The van der Waals surface area contributed by atoms with Gasteiger partial charge in [0.1, 0.15) is 5.75 Å². The summed E-state index contributed by atoms with van der Waals surface area (Å²) < 4.78 is 19.5. The molecule has 0 aliphatic rings. The summed E-state index contributed by atoms with van der Waals surface area (Å²) in [6.45, 7) is 3.41. The molecule has 0 bridgehead atoms. The van der Waals surface area contributed by atoms with E-state index in [4.69, 9.17) is 4.74 Å². The Morgan fingerprint density at radius 2 is 1.90 bits per heavy atom. The molecule has 21 heavy (non-hydrogen) atoms. The van der Waals surface area contributed by atoms with Crippen LogP contribution in [-0.2, 0) is 5.33 Å². The number of nitrogens with zero attached hydrogens (tertiary/aromatic N) is 1. The monoisotopic (exact) mass is 353 g/mol. The van der Waals surface area contributed by atoms with E-state index in [1.807, 2.05) is 19.1 Å². The van der Waals surface area contributed by atoms with Crippen LogP contribution in [0, 0.1) is 29.8 Å². The molecule has 0 radical (unpaired) electrons. The molecule has 2 aromatic carbocycles. The van der Waals surface area contributed by atoms with Crippen molar-refractivity contribution in [2.45, 2.75) is 19.2 Å². The number of ether oxygens (including phenoxy) is 1. The van der Waals surface area contributed by atoms with Crippen molar-refractivity contribution in [3.8, 4) is 11.5 Å². The molecule has 0 unspecified atom stereocenters. The maximum atomic E-state index is 13.9. The number of aryl methyl sites for hydroxylation is 2. The van der Waals surface area contributed by atoms with Crippen LogP contribution in [0.4, 0.5) is 10.1 Å². The molecule has 0 N–H and O–H groups in total. The first kappa shape index (κ1) is 15.4. The zero-order chi connectivity index (χ0) is 15.6. The maximum absolute atomic E-state index is 13.9. The Hall–Kier alpha value is -1.95. The highest BCUT2D eigenvalue weighted by Crippen LogP contribution is 2.32. The van der Waals surface area contributed by atoms with Gasteiger partial charge in [-0.25, -0.2) is 4.39 Å². The van der Waals surface area contributed by atoms with E-state index in [9.17, 15) is 14.5 Å². The van der Waals surface area contributed by atoms with E-state index in [0.717, 1.165) is 22.5 Å². The van der Waals surface area contributed by atoms with Gasteiger partial charge in [0.2, 0.25) is 0 Å². The summed E-state index contributed by atoms with van der Waals surface area (Å²) in [5.41, 5.74) is 2.04. The van der Waals surface area contributed by atoms with E-state index in [1.165, 1.54) is 6.07 Å². The predicted octanol–water partition coefficient (Wildman–Crippen LogP) is 5.04. The summed E-state index contributed by atoms with van der Waals surface area (Å²) in [4.78, 5) is 10.1. The van der Waals surface area contributed by atoms with Crippen molar-refractivity contribution in [2.24, 2.45) is 0 Å². The number of rotatable bonds is 4. The van der Waals surface area contributed by atoms with Crippen LogP contribution in [-0.4, -0.2) is 4.92 Å². The molecule has 0 saturated heterocycles. The van der Waals surface area contributed by atoms with E-state index in [1.54, 1.807) is 13.0 Å². The summed E-state index contributed by atoms with van der Waals surface area (Å²) in [6, 6.07) is 7.77. The van der Waals surface area contributed by atoms with E-state index in [2.05, 4.69) is 15.9 Å². The number of hydrogen-bond acceptors (Lipinski definition) is 3. The van der Waals surface area contributed by atoms with Crippen molar-refractivity contribution >= 4 is 21.6 Å². The Morgan fingerprint density at radius 1 is 1.19 bits per heavy atom. The van der Waals surface area contributed by atoms with Gasteiger partial charge in [-0.2, -0.15) is 0 Å². The Morgan fingerprint density at radius 3 is 2.48 bits per heavy atom. The first-order valence-corrected chi connectivity index (χ1v) is 7.32. The number of hydrogen-bond donors (Lipinski definition) is 0. The Bertz CT molecular complexity index is 704. The lowest BCUT2D eigenvalue weighted by Gasteiger charge is -2.11. The molecule has 0 aliphatic carbocycles. The molecule has 2 rings (SSSR count). The van der Waals surface area contributed by atoms with Gasteiger partial charge in [0.15, 0.2) is 11.6 Å². The lowest BCUT2D eigenvalue weighted by molar-refractivity contribution is -0.385. The minimum Gasteiger partial charge on any atom is -0.454 e. The largest absolute Gasteiger partial charge is 0.454 e. The van der Waals surface area contributed by atoms with Crippen LogP contribution in [0.25, 0.3) is 0 Å². The average Bonchev–Trinajstić information content (AvgIpc) is 2.44. The van der Waals surface area contributed by atoms with Crippen LogP contribution in [0.15, 0.2) is 30.3 Å². The van der Waals surface area contributed by atoms with Gasteiger partial charge in [0.25, 0.3) is 5.69 Å². The van der Waals surface area contributed by atoms with Crippen LogP contribution in [0.3, 0.4) is 0 Å². The molecule has 0 heterocycles. The first-order valence-electron chi connectivity index (χ1n) is 6.20. The average molecular weight is 354 g/mol. The zero-order valence-corrected chi connectivity index (χ0v) is 13.1. The summed E-state index contributed by atoms with van der Waals surface area (Å²) in [7, 11) is 0. The van der Waals surface area contributed by atoms with Crippen molar-refractivity contribution in [1.82, 2.24) is 0 Å². The molecule has 0 fully saturated rings. The highest BCUT2D eigenvalue weighted by Gasteiger charge is 2.17. The van der Waals surface area contributed by atoms with Gasteiger partial charge < -0.3 is 4.74 Å². The summed E-state index contributed by atoms with van der Waals surface area (Å²) in [6.07, 6.45) is 0. The van der Waals surface area contributed by atoms with E-state index < -0.39 is 10.7 Å². The van der Waals surface area contributed by atoms with Gasteiger partial charge in [-0.05, 0) is 37.1 Å². The Kier molecular flexibility index (Phi) is 4.57. The van der Waals surface area contributed by atoms with E-state index in [0.29, 0.717) is 11.3 Å². The summed E-state index contributed by atoms with van der Waals surface area (Å²) >= 11 is 3.36. The number of alkyl halides is 1. The van der Waals surface area contributed by atoms with Crippen LogP contribution in [0.2, 0.25) is 0 Å². The third-order valence-corrected chi connectivity index (χ3v) is 3.71. The van der Waals surface area contributed by atoms with Crippen molar-refractivity contribution in [2.75, 3.05) is 0 Å². The van der Waals surface area contributed by atoms with Gasteiger partial charge >= 0.3 is 0 Å². The molecule has 6 heteroatoms. The molecule has 4 nitrogen and oxygen atoms in total. The lowest BCUT2D eigenvalue weighted by Crippen LogP contribution is -1.97. The van der Waals surface area contributed by atoms with Crippen LogP contribution in [0.5, 0.6) is 11.5 Å². The fourth-order valence-corrected chi connectivity index (χ4v) is 2.30. The SMILES string of the molecule is Cc1cc(CBr)ccc1Oc1cc(C)c([N+](=O)[O-])cc1F. The van der Waals surface area contributed by atoms with Crippen LogP contribution in [0.1, 0.15) is 16.7 Å². The Labute approximate surface area is 129 Å². The second kappa shape index (κ2) is 6.22. The fourth-order valence-electron chi connectivity index (χ4n) is 1.95. The van der Waals surface area contributed by atoms with Crippen LogP contribution >= 0.6 is 15.9 Å². The third kappa shape index (κ3) is 3.39. The van der Waals surface area contributed by atoms with Gasteiger partial charge in [-0.3, -0.25) is 10.1 Å². The molecule has 0 aliphatic heterocycles. The van der Waals surface area contributed by atoms with Gasteiger partial charge in [0, 0.05) is 10.9 Å². The quantitative estimate of drug-likeness (QED) is 0.439. The Balaban J connectivity index is 2.36. The van der Waals surface area contributed by atoms with E-state index in [-0.39, 0.29) is 11.4 Å². The summed E-state index contributed by atoms with van der Waals surface area (Å²) in [5, 5.41) is 11.5. The lowest BCUT2D eigenvalue weighted by atomic mass is 10.1. The van der Waals surface area contributed by atoms with Crippen LogP contribution < -0.4 is 4.74 Å². The van der Waals surface area contributed by atoms with Gasteiger partial charge in [-0.15, -0.1) is 0 Å². The molecule has 0 saturated carbocycles. The number of nitro groups is 1. The smallest absolute Gasteiger partial charge is 0.275 e. The molecule has 0 atom stereocenters. The minimum absolute atomic E-state index is 0.0206. The second-order valence-electron chi connectivity index (χ2n) is 4.66. The molecule has 0 aromatic heterocycles. The summed E-state index contributed by atoms with van der Waals surface area (Å²) in [5.74, 6) is -0.254. The van der Waals surface area contributed by atoms with Crippen molar-refractivity contribution in [1.29, 1.82) is 0 Å².